The number of hydrogen-bond donors (Lipinski definition) is 0. The van der Waals surface area contributed by atoms with Crippen molar-refractivity contribution in [1.82, 2.24) is 4.90 Å². The van der Waals surface area contributed by atoms with Gasteiger partial charge in [-0.25, -0.2) is 4.79 Å². The fourth-order valence-electron chi connectivity index (χ4n) is 1.65. The van der Waals surface area contributed by atoms with Gasteiger partial charge in [0, 0.05) is 13.1 Å². The second kappa shape index (κ2) is 8.06. The van der Waals surface area contributed by atoms with E-state index in [-0.39, 0.29) is 0 Å². The van der Waals surface area contributed by atoms with E-state index in [2.05, 4.69) is 6.92 Å². The highest BCUT2D eigenvalue weighted by Crippen LogP contribution is 2.01. The number of unbranched alkanes of at least 4 members (excludes halogenated alkanes) is 3. The Morgan fingerprint density at radius 1 is 1.18 bits per heavy atom. The molecule has 0 atom stereocenters. The molecule has 98 valence electrons. The van der Waals surface area contributed by atoms with Gasteiger partial charge >= 0.3 is 11.9 Å². The molecule has 1 saturated heterocycles. The highest BCUT2D eigenvalue weighted by Gasteiger charge is 2.24. The molecule has 0 bridgehead atoms. The molecular formula is C12H21NO4. The number of ether oxygens (including phenoxy) is 2. The van der Waals surface area contributed by atoms with Crippen molar-refractivity contribution in [3.05, 3.63) is 0 Å². The molecule has 0 aromatic rings. The SMILES string of the molecule is CCCCCCOC(=O)C(=O)N1CCOCC1. The number of hydrogen-bond acceptors (Lipinski definition) is 4. The van der Waals surface area contributed by atoms with Crippen LogP contribution in [0.2, 0.25) is 0 Å². The lowest BCUT2D eigenvalue weighted by molar-refractivity contribution is -0.162. The summed E-state index contributed by atoms with van der Waals surface area (Å²) < 4.78 is 10.0. The number of carbonyl (C=O) groups excluding carboxylic acids is 2. The van der Waals surface area contributed by atoms with Crippen LogP contribution in [0.4, 0.5) is 0 Å². The Balaban J connectivity index is 2.15. The molecule has 5 heteroatoms. The molecule has 1 heterocycles. The molecule has 1 aliphatic rings. The Kier molecular flexibility index (Phi) is 6.62. The molecule has 0 aromatic carbocycles. The Morgan fingerprint density at radius 2 is 1.88 bits per heavy atom. The second-order valence-corrected chi connectivity index (χ2v) is 4.10. The van der Waals surface area contributed by atoms with E-state index in [1.54, 1.807) is 0 Å². The molecule has 1 aliphatic heterocycles. The van der Waals surface area contributed by atoms with E-state index in [1.807, 2.05) is 0 Å². The normalized spacial score (nSPS) is 15.7. The Morgan fingerprint density at radius 3 is 2.53 bits per heavy atom. The predicted molar refractivity (Wildman–Crippen MR) is 62.5 cm³/mol. The minimum absolute atomic E-state index is 0.342. The smallest absolute Gasteiger partial charge is 0.397 e. The van der Waals surface area contributed by atoms with Crippen LogP contribution in [0.1, 0.15) is 32.6 Å². The maximum Gasteiger partial charge on any atom is 0.397 e. The lowest BCUT2D eigenvalue weighted by Crippen LogP contribution is -2.44. The summed E-state index contributed by atoms with van der Waals surface area (Å²) in [7, 11) is 0. The van der Waals surface area contributed by atoms with Crippen LogP contribution in [0.3, 0.4) is 0 Å². The topological polar surface area (TPSA) is 55.8 Å². The standard InChI is InChI=1S/C12H21NO4/c1-2-3-4-5-8-17-12(15)11(14)13-6-9-16-10-7-13/h2-10H2,1H3. The second-order valence-electron chi connectivity index (χ2n) is 4.10. The van der Waals surface area contributed by atoms with Gasteiger partial charge in [0.05, 0.1) is 19.8 Å². The maximum absolute atomic E-state index is 11.6. The first-order valence-corrected chi connectivity index (χ1v) is 6.29. The van der Waals surface area contributed by atoms with Crippen molar-refractivity contribution in [3.8, 4) is 0 Å². The highest BCUT2D eigenvalue weighted by molar-refractivity contribution is 6.32. The van der Waals surface area contributed by atoms with E-state index in [0.717, 1.165) is 25.7 Å². The summed E-state index contributed by atoms with van der Waals surface area (Å²) in [4.78, 5) is 24.5. The first-order chi connectivity index (χ1) is 8.25. The molecule has 5 nitrogen and oxygen atoms in total. The van der Waals surface area contributed by atoms with Crippen LogP contribution in [-0.2, 0) is 19.1 Å². The van der Waals surface area contributed by atoms with E-state index in [9.17, 15) is 9.59 Å². The van der Waals surface area contributed by atoms with Crippen LogP contribution in [0.5, 0.6) is 0 Å². The summed E-state index contributed by atoms with van der Waals surface area (Å²) in [6.45, 7) is 4.40. The van der Waals surface area contributed by atoms with Crippen LogP contribution in [0, 0.1) is 0 Å². The highest BCUT2D eigenvalue weighted by atomic mass is 16.5. The van der Waals surface area contributed by atoms with Crippen molar-refractivity contribution in [2.45, 2.75) is 32.6 Å². The molecular weight excluding hydrogens is 222 g/mol. The number of carbonyl (C=O) groups is 2. The van der Waals surface area contributed by atoms with Gasteiger partial charge in [-0.3, -0.25) is 4.79 Å². The van der Waals surface area contributed by atoms with Gasteiger partial charge in [-0.05, 0) is 6.42 Å². The summed E-state index contributed by atoms with van der Waals surface area (Å²) in [6.07, 6.45) is 4.14. The average Bonchev–Trinajstić information content (AvgIpc) is 2.38. The molecule has 0 unspecified atom stereocenters. The van der Waals surface area contributed by atoms with E-state index >= 15 is 0 Å². The lowest BCUT2D eigenvalue weighted by Gasteiger charge is -2.25. The molecule has 0 saturated carbocycles. The van der Waals surface area contributed by atoms with Crippen molar-refractivity contribution < 1.29 is 19.1 Å². The molecule has 1 amide bonds. The average molecular weight is 243 g/mol. The number of morpholine rings is 1. The zero-order chi connectivity index (χ0) is 12.5. The molecule has 1 fully saturated rings. The predicted octanol–water partition coefficient (Wildman–Crippen LogP) is 0.969. The van der Waals surface area contributed by atoms with Crippen molar-refractivity contribution in [1.29, 1.82) is 0 Å². The molecule has 1 rings (SSSR count). The van der Waals surface area contributed by atoms with Crippen molar-refractivity contribution in [2.24, 2.45) is 0 Å². The number of rotatable bonds is 5. The van der Waals surface area contributed by atoms with Gasteiger partial charge in [-0.1, -0.05) is 26.2 Å². The zero-order valence-electron chi connectivity index (χ0n) is 10.4. The first kappa shape index (κ1) is 14.0. The molecule has 0 aromatic heterocycles. The van der Waals surface area contributed by atoms with Crippen molar-refractivity contribution in [3.63, 3.8) is 0 Å². The van der Waals surface area contributed by atoms with Gasteiger partial charge in [0.25, 0.3) is 0 Å². The largest absolute Gasteiger partial charge is 0.459 e. The van der Waals surface area contributed by atoms with Gasteiger partial charge in [0.1, 0.15) is 0 Å². The third kappa shape index (κ3) is 5.17. The Bertz CT molecular complexity index is 249. The monoisotopic (exact) mass is 243 g/mol. The molecule has 0 aliphatic carbocycles. The summed E-state index contributed by atoms with van der Waals surface area (Å²) in [5, 5.41) is 0. The molecule has 0 spiro atoms. The third-order valence-electron chi connectivity index (χ3n) is 2.70. The fraction of sp³-hybridized carbons (Fsp3) is 0.833. The van der Waals surface area contributed by atoms with Crippen LogP contribution < -0.4 is 0 Å². The third-order valence-corrected chi connectivity index (χ3v) is 2.70. The summed E-state index contributed by atoms with van der Waals surface area (Å²) in [5.41, 5.74) is 0. The van der Waals surface area contributed by atoms with Crippen LogP contribution in [0.15, 0.2) is 0 Å². The van der Waals surface area contributed by atoms with Gasteiger partial charge in [0.15, 0.2) is 0 Å². The van der Waals surface area contributed by atoms with Crippen LogP contribution in [0.25, 0.3) is 0 Å². The van der Waals surface area contributed by atoms with Crippen molar-refractivity contribution >= 4 is 11.9 Å². The number of nitrogens with zero attached hydrogens (tertiary/aromatic N) is 1. The molecule has 0 radical (unpaired) electrons. The van der Waals surface area contributed by atoms with Crippen LogP contribution in [-0.4, -0.2) is 49.7 Å². The minimum Gasteiger partial charge on any atom is -0.459 e. The van der Waals surface area contributed by atoms with E-state index in [1.165, 1.54) is 4.90 Å². The van der Waals surface area contributed by atoms with E-state index in [0.29, 0.717) is 32.9 Å². The Hall–Kier alpha value is -1.10. The fourth-order valence-corrected chi connectivity index (χ4v) is 1.65. The van der Waals surface area contributed by atoms with Gasteiger partial charge in [0.2, 0.25) is 0 Å². The summed E-state index contributed by atoms with van der Waals surface area (Å²) in [5.74, 6) is -1.27. The Labute approximate surface area is 102 Å². The van der Waals surface area contributed by atoms with Gasteiger partial charge < -0.3 is 14.4 Å². The lowest BCUT2D eigenvalue weighted by atomic mass is 10.2. The molecule has 0 N–H and O–H groups in total. The van der Waals surface area contributed by atoms with E-state index < -0.39 is 11.9 Å². The molecule has 17 heavy (non-hydrogen) atoms. The maximum atomic E-state index is 11.6. The van der Waals surface area contributed by atoms with E-state index in [4.69, 9.17) is 9.47 Å². The van der Waals surface area contributed by atoms with Gasteiger partial charge in [-0.2, -0.15) is 0 Å². The number of esters is 1. The first-order valence-electron chi connectivity index (χ1n) is 6.29. The van der Waals surface area contributed by atoms with Gasteiger partial charge in [-0.15, -0.1) is 0 Å². The quantitative estimate of drug-likeness (QED) is 0.410. The van der Waals surface area contributed by atoms with Crippen LogP contribution >= 0.6 is 0 Å². The summed E-state index contributed by atoms with van der Waals surface area (Å²) >= 11 is 0. The van der Waals surface area contributed by atoms with Crippen molar-refractivity contribution in [2.75, 3.05) is 32.9 Å². The minimum atomic E-state index is -0.733. The summed E-state index contributed by atoms with van der Waals surface area (Å²) in [6, 6.07) is 0. The zero-order valence-corrected chi connectivity index (χ0v) is 10.4. The number of amides is 1.